The molecular formula is C28H32ClN5O. The zero-order valence-electron chi connectivity index (χ0n) is 20.4. The highest BCUT2D eigenvalue weighted by molar-refractivity contribution is 6.30. The van der Waals surface area contributed by atoms with Crippen molar-refractivity contribution in [3.05, 3.63) is 76.4 Å². The third kappa shape index (κ3) is 5.44. The van der Waals surface area contributed by atoms with E-state index in [2.05, 4.69) is 46.5 Å². The Morgan fingerprint density at radius 3 is 2.77 bits per heavy atom. The molecule has 3 aromatic rings. The van der Waals surface area contributed by atoms with E-state index in [1.807, 2.05) is 42.6 Å². The second-order valence-corrected chi connectivity index (χ2v) is 10.1. The molecule has 1 saturated heterocycles. The van der Waals surface area contributed by atoms with Crippen molar-refractivity contribution in [2.75, 3.05) is 43.4 Å². The number of hydrogen-bond donors (Lipinski definition) is 2. The molecule has 7 heteroatoms. The van der Waals surface area contributed by atoms with Gasteiger partial charge in [0.05, 0.1) is 5.69 Å². The van der Waals surface area contributed by atoms with E-state index in [1.165, 1.54) is 11.1 Å². The normalized spacial score (nSPS) is 16.5. The molecule has 5 rings (SSSR count). The van der Waals surface area contributed by atoms with Gasteiger partial charge in [-0.1, -0.05) is 29.8 Å². The Bertz CT molecular complexity index is 1220. The van der Waals surface area contributed by atoms with Gasteiger partial charge >= 0.3 is 0 Å². The first-order valence-corrected chi connectivity index (χ1v) is 12.7. The molecule has 2 aliphatic heterocycles. The summed E-state index contributed by atoms with van der Waals surface area (Å²) in [4.78, 5) is 22.3. The van der Waals surface area contributed by atoms with Crippen molar-refractivity contribution >= 4 is 29.0 Å². The second kappa shape index (κ2) is 10.3. The number of pyridine rings is 1. The van der Waals surface area contributed by atoms with E-state index >= 15 is 0 Å². The first-order valence-electron chi connectivity index (χ1n) is 12.3. The summed E-state index contributed by atoms with van der Waals surface area (Å²) >= 11 is 6.27. The van der Waals surface area contributed by atoms with Crippen molar-refractivity contribution in [3.63, 3.8) is 0 Å². The molecule has 1 fully saturated rings. The van der Waals surface area contributed by atoms with Crippen LogP contribution in [0.15, 0.2) is 54.7 Å². The first kappa shape index (κ1) is 23.6. The molecule has 0 aliphatic carbocycles. The molecule has 1 amide bonds. The van der Waals surface area contributed by atoms with Crippen LogP contribution in [0, 0.1) is 6.92 Å². The third-order valence-corrected chi connectivity index (χ3v) is 7.30. The Morgan fingerprint density at radius 1 is 1.11 bits per heavy atom. The number of aryl methyl sites for hydroxylation is 1. The Kier molecular flexibility index (Phi) is 6.93. The molecule has 0 saturated carbocycles. The number of carbonyl (C=O) groups is 1. The van der Waals surface area contributed by atoms with E-state index in [0.717, 1.165) is 73.2 Å². The van der Waals surface area contributed by atoms with Gasteiger partial charge in [0, 0.05) is 48.0 Å². The van der Waals surface area contributed by atoms with Gasteiger partial charge in [-0.05, 0) is 86.9 Å². The Labute approximate surface area is 212 Å². The van der Waals surface area contributed by atoms with Gasteiger partial charge < -0.3 is 20.4 Å². The quantitative estimate of drug-likeness (QED) is 0.530. The summed E-state index contributed by atoms with van der Waals surface area (Å²) < 4.78 is 0. The number of carbonyl (C=O) groups excluding carboxylic acids is 1. The molecule has 2 aliphatic rings. The SMILES string of the molecule is Cc1ccc(Cl)cc1CN1CCNc2ncc(-c3cccc(C(=O)NC4CCN(C)CC4)c3)cc21. The van der Waals surface area contributed by atoms with Crippen molar-refractivity contribution in [1.82, 2.24) is 15.2 Å². The van der Waals surface area contributed by atoms with Crippen LogP contribution >= 0.6 is 11.6 Å². The number of benzene rings is 2. The topological polar surface area (TPSA) is 60.5 Å². The third-order valence-electron chi connectivity index (χ3n) is 7.07. The minimum absolute atomic E-state index is 0.00736. The summed E-state index contributed by atoms with van der Waals surface area (Å²) in [5.74, 6) is 0.878. The van der Waals surface area contributed by atoms with Gasteiger partial charge in [-0.2, -0.15) is 0 Å². The van der Waals surface area contributed by atoms with Gasteiger partial charge in [0.1, 0.15) is 5.82 Å². The van der Waals surface area contributed by atoms with E-state index < -0.39 is 0 Å². The minimum atomic E-state index is -0.00736. The fourth-order valence-electron chi connectivity index (χ4n) is 4.86. The molecule has 0 bridgehead atoms. The lowest BCUT2D eigenvalue weighted by molar-refractivity contribution is 0.0917. The molecular weight excluding hydrogens is 458 g/mol. The van der Waals surface area contributed by atoms with Gasteiger partial charge in [-0.3, -0.25) is 4.79 Å². The summed E-state index contributed by atoms with van der Waals surface area (Å²) in [6.45, 7) is 6.64. The molecule has 182 valence electrons. The number of rotatable bonds is 5. The van der Waals surface area contributed by atoms with E-state index in [9.17, 15) is 4.79 Å². The number of hydrogen-bond acceptors (Lipinski definition) is 5. The number of anilines is 2. The smallest absolute Gasteiger partial charge is 0.251 e. The van der Waals surface area contributed by atoms with Crippen LogP contribution in [0.25, 0.3) is 11.1 Å². The number of amides is 1. The van der Waals surface area contributed by atoms with Crippen LogP contribution in [-0.4, -0.2) is 55.1 Å². The van der Waals surface area contributed by atoms with Gasteiger partial charge in [0.25, 0.3) is 5.91 Å². The highest BCUT2D eigenvalue weighted by Gasteiger charge is 2.21. The van der Waals surface area contributed by atoms with E-state index in [1.54, 1.807) is 0 Å². The van der Waals surface area contributed by atoms with Crippen molar-refractivity contribution in [3.8, 4) is 11.1 Å². The molecule has 6 nitrogen and oxygen atoms in total. The van der Waals surface area contributed by atoms with E-state index in [-0.39, 0.29) is 11.9 Å². The van der Waals surface area contributed by atoms with Gasteiger partial charge in [-0.25, -0.2) is 4.98 Å². The van der Waals surface area contributed by atoms with Crippen LogP contribution in [0.1, 0.15) is 34.3 Å². The standard InChI is InChI=1S/C28H32ClN5O/c1-19-6-7-24(29)15-23(19)18-34-13-10-30-27-26(34)16-22(17-31-27)20-4-3-5-21(14-20)28(35)32-25-8-11-33(2)12-9-25/h3-7,14-17,25H,8-13,18H2,1-2H3,(H,30,31)(H,32,35). The molecule has 3 heterocycles. The molecule has 2 N–H and O–H groups in total. The average molecular weight is 490 g/mol. The van der Waals surface area contributed by atoms with Crippen LogP contribution in [0.4, 0.5) is 11.5 Å². The average Bonchev–Trinajstić information content (AvgIpc) is 2.87. The Morgan fingerprint density at radius 2 is 1.94 bits per heavy atom. The molecule has 35 heavy (non-hydrogen) atoms. The number of fused-ring (bicyclic) bond motifs is 1. The van der Waals surface area contributed by atoms with Crippen LogP contribution in [0.5, 0.6) is 0 Å². The fraction of sp³-hybridized carbons (Fsp3) is 0.357. The first-order chi connectivity index (χ1) is 17.0. The Hall–Kier alpha value is -3.09. The van der Waals surface area contributed by atoms with Gasteiger partial charge in [-0.15, -0.1) is 0 Å². The van der Waals surface area contributed by atoms with Gasteiger partial charge in [0.2, 0.25) is 0 Å². The number of nitrogens with one attached hydrogen (secondary N) is 2. The summed E-state index contributed by atoms with van der Waals surface area (Å²) in [7, 11) is 2.13. The van der Waals surface area contributed by atoms with E-state index in [0.29, 0.717) is 5.56 Å². The molecule has 0 spiro atoms. The summed E-state index contributed by atoms with van der Waals surface area (Å²) in [6, 6.07) is 16.3. The molecule has 1 aromatic heterocycles. The number of piperidine rings is 1. The largest absolute Gasteiger partial charge is 0.367 e. The second-order valence-electron chi connectivity index (χ2n) is 9.64. The summed E-state index contributed by atoms with van der Waals surface area (Å²) in [5.41, 5.74) is 6.17. The van der Waals surface area contributed by atoms with Crippen molar-refractivity contribution in [2.45, 2.75) is 32.4 Å². The highest BCUT2D eigenvalue weighted by Crippen LogP contribution is 2.33. The predicted octanol–water partition coefficient (Wildman–Crippen LogP) is 4.97. The maximum Gasteiger partial charge on any atom is 0.251 e. The number of likely N-dealkylation sites (tertiary alicyclic amines) is 1. The van der Waals surface area contributed by atoms with E-state index in [4.69, 9.17) is 16.6 Å². The Balaban J connectivity index is 1.37. The van der Waals surface area contributed by atoms with Crippen molar-refractivity contribution in [2.24, 2.45) is 0 Å². The lowest BCUT2D eigenvalue weighted by Gasteiger charge is -2.32. The maximum atomic E-state index is 13.0. The summed E-state index contributed by atoms with van der Waals surface area (Å²) in [5, 5.41) is 7.39. The lowest BCUT2D eigenvalue weighted by Crippen LogP contribution is -2.43. The number of aromatic nitrogens is 1. The van der Waals surface area contributed by atoms with Crippen LogP contribution in [0.2, 0.25) is 5.02 Å². The maximum absolute atomic E-state index is 13.0. The minimum Gasteiger partial charge on any atom is -0.367 e. The zero-order chi connectivity index (χ0) is 24.4. The van der Waals surface area contributed by atoms with Crippen molar-refractivity contribution < 1.29 is 4.79 Å². The monoisotopic (exact) mass is 489 g/mol. The lowest BCUT2D eigenvalue weighted by atomic mass is 10.0. The zero-order valence-corrected chi connectivity index (χ0v) is 21.1. The molecule has 0 radical (unpaired) electrons. The fourth-order valence-corrected chi connectivity index (χ4v) is 5.05. The van der Waals surface area contributed by atoms with Crippen LogP contribution in [-0.2, 0) is 6.54 Å². The number of nitrogens with zero attached hydrogens (tertiary/aromatic N) is 3. The summed E-state index contributed by atoms with van der Waals surface area (Å²) in [6.07, 6.45) is 3.87. The molecule has 0 unspecified atom stereocenters. The predicted molar refractivity (Wildman–Crippen MR) is 143 cm³/mol. The van der Waals surface area contributed by atoms with Crippen LogP contribution < -0.4 is 15.5 Å². The van der Waals surface area contributed by atoms with Crippen LogP contribution in [0.3, 0.4) is 0 Å². The highest BCUT2D eigenvalue weighted by atomic mass is 35.5. The van der Waals surface area contributed by atoms with Crippen molar-refractivity contribution in [1.29, 1.82) is 0 Å². The number of halogens is 1. The molecule has 2 aromatic carbocycles. The van der Waals surface area contributed by atoms with Gasteiger partial charge in [0.15, 0.2) is 0 Å². The molecule has 0 atom stereocenters.